The fourth-order valence-electron chi connectivity index (χ4n) is 8.97. The molecule has 0 spiro atoms. The SMILES string of the molecule is C[C@@H](C1CCCC2CCCCC21)N1C(C(=O)NC2CCC(N)CC2)CC2CCC(C(=N)N)CC21. The second-order valence-corrected chi connectivity index (χ2v) is 12.7. The van der Waals surface area contributed by atoms with Crippen molar-refractivity contribution in [3.8, 4) is 0 Å². The molecule has 4 aliphatic carbocycles. The Labute approximate surface area is 206 Å². The second kappa shape index (κ2) is 10.5. The van der Waals surface area contributed by atoms with Gasteiger partial charge >= 0.3 is 0 Å². The molecule has 8 atom stereocenters. The summed E-state index contributed by atoms with van der Waals surface area (Å²) in [5.74, 6) is 3.82. The number of amidine groups is 1. The van der Waals surface area contributed by atoms with E-state index in [2.05, 4.69) is 17.1 Å². The Hall–Kier alpha value is -1.14. The predicted octanol–water partition coefficient (Wildman–Crippen LogP) is 4.16. The molecule has 192 valence electrons. The third kappa shape index (κ3) is 4.91. The van der Waals surface area contributed by atoms with E-state index in [4.69, 9.17) is 16.9 Å². The Morgan fingerprint density at radius 2 is 1.65 bits per heavy atom. The number of nitrogens with two attached hydrogens (primary N) is 2. The number of carbonyl (C=O) groups excluding carboxylic acids is 1. The molecule has 7 unspecified atom stereocenters. The van der Waals surface area contributed by atoms with Gasteiger partial charge in [-0.15, -0.1) is 0 Å². The molecule has 1 amide bonds. The van der Waals surface area contributed by atoms with Crippen molar-refractivity contribution in [1.29, 1.82) is 5.41 Å². The normalized spacial score (nSPS) is 44.0. The molecule has 1 saturated heterocycles. The Morgan fingerprint density at radius 3 is 2.41 bits per heavy atom. The van der Waals surface area contributed by atoms with Crippen LogP contribution in [0, 0.1) is 35.0 Å². The van der Waals surface area contributed by atoms with Gasteiger partial charge in [-0.25, -0.2) is 0 Å². The Bertz CT molecular complexity index is 732. The number of rotatable bonds is 5. The van der Waals surface area contributed by atoms with Crippen molar-refractivity contribution >= 4 is 11.7 Å². The van der Waals surface area contributed by atoms with Gasteiger partial charge in [0.25, 0.3) is 0 Å². The van der Waals surface area contributed by atoms with Gasteiger partial charge in [0.1, 0.15) is 0 Å². The number of hydrogen-bond donors (Lipinski definition) is 4. The molecule has 6 heteroatoms. The van der Waals surface area contributed by atoms with E-state index in [9.17, 15) is 4.79 Å². The first-order chi connectivity index (χ1) is 16.4. The quantitative estimate of drug-likeness (QED) is 0.356. The minimum absolute atomic E-state index is 0.0183. The van der Waals surface area contributed by atoms with Gasteiger partial charge in [0.05, 0.1) is 11.9 Å². The fourth-order valence-corrected chi connectivity index (χ4v) is 8.97. The number of nitrogens with one attached hydrogen (secondary N) is 2. The average Bonchev–Trinajstić information content (AvgIpc) is 3.23. The summed E-state index contributed by atoms with van der Waals surface area (Å²) in [6.45, 7) is 2.45. The number of likely N-dealkylation sites (tertiary alicyclic amines) is 1. The highest BCUT2D eigenvalue weighted by molar-refractivity contribution is 5.83. The molecular formula is C28H49N5O. The van der Waals surface area contributed by atoms with E-state index in [0.29, 0.717) is 35.8 Å². The van der Waals surface area contributed by atoms with Crippen LogP contribution in [0.15, 0.2) is 0 Å². The van der Waals surface area contributed by atoms with Gasteiger partial charge in [-0.05, 0) is 94.8 Å². The van der Waals surface area contributed by atoms with Gasteiger partial charge in [0.2, 0.25) is 5.91 Å². The van der Waals surface area contributed by atoms with E-state index < -0.39 is 0 Å². The van der Waals surface area contributed by atoms with Crippen LogP contribution in [-0.2, 0) is 4.79 Å². The van der Waals surface area contributed by atoms with E-state index >= 15 is 0 Å². The zero-order chi connectivity index (χ0) is 23.8. The highest BCUT2D eigenvalue weighted by atomic mass is 16.2. The number of hydrogen-bond acceptors (Lipinski definition) is 4. The molecule has 5 aliphatic rings. The fraction of sp³-hybridized carbons (Fsp3) is 0.929. The minimum atomic E-state index is -0.0183. The first kappa shape index (κ1) is 24.5. The molecule has 5 fully saturated rings. The van der Waals surface area contributed by atoms with Crippen molar-refractivity contribution in [3.63, 3.8) is 0 Å². The van der Waals surface area contributed by atoms with E-state index in [1.165, 1.54) is 44.9 Å². The lowest BCUT2D eigenvalue weighted by atomic mass is 9.63. The van der Waals surface area contributed by atoms with E-state index in [-0.39, 0.29) is 23.9 Å². The van der Waals surface area contributed by atoms with Crippen molar-refractivity contribution in [2.45, 2.75) is 133 Å². The molecule has 5 rings (SSSR count). The van der Waals surface area contributed by atoms with Gasteiger partial charge in [-0.1, -0.05) is 32.1 Å². The summed E-state index contributed by atoms with van der Waals surface area (Å²) in [7, 11) is 0. The van der Waals surface area contributed by atoms with Crippen LogP contribution in [0.25, 0.3) is 0 Å². The van der Waals surface area contributed by atoms with Gasteiger partial charge < -0.3 is 16.8 Å². The zero-order valence-corrected chi connectivity index (χ0v) is 21.4. The first-order valence-corrected chi connectivity index (χ1v) is 14.6. The van der Waals surface area contributed by atoms with Crippen LogP contribution in [0.5, 0.6) is 0 Å². The number of amides is 1. The lowest BCUT2D eigenvalue weighted by Gasteiger charge is -2.49. The summed E-state index contributed by atoms with van der Waals surface area (Å²) in [4.78, 5) is 16.5. The van der Waals surface area contributed by atoms with Gasteiger partial charge in [0.15, 0.2) is 0 Å². The third-order valence-electron chi connectivity index (χ3n) is 10.8. The van der Waals surface area contributed by atoms with Crippen LogP contribution in [0.2, 0.25) is 0 Å². The topological polar surface area (TPSA) is 108 Å². The standard InChI is InChI=1S/C28H49N5O/c1-17(23-8-4-6-18-5-2-3-7-24(18)23)33-25-16-20(27(30)31)10-9-19(25)15-26(33)28(34)32-22-13-11-21(29)12-14-22/h17-26H,2-16,29H2,1H3,(H3,30,31)(H,32,34)/t17-,18?,19?,20?,21?,22?,23?,24?,25?,26?/m0/s1. The second-order valence-electron chi connectivity index (χ2n) is 12.7. The third-order valence-corrected chi connectivity index (χ3v) is 10.8. The maximum absolute atomic E-state index is 13.8. The zero-order valence-electron chi connectivity index (χ0n) is 21.4. The summed E-state index contributed by atoms with van der Waals surface area (Å²) >= 11 is 0. The van der Waals surface area contributed by atoms with Gasteiger partial charge in [-0.3, -0.25) is 15.1 Å². The Balaban J connectivity index is 1.36. The van der Waals surface area contributed by atoms with Crippen LogP contribution in [0.1, 0.15) is 103 Å². The van der Waals surface area contributed by atoms with Crippen molar-refractivity contribution in [3.05, 3.63) is 0 Å². The highest BCUT2D eigenvalue weighted by Gasteiger charge is 2.51. The largest absolute Gasteiger partial charge is 0.387 e. The van der Waals surface area contributed by atoms with Gasteiger partial charge in [0, 0.05) is 30.1 Å². The number of carbonyl (C=O) groups is 1. The Morgan fingerprint density at radius 1 is 0.912 bits per heavy atom. The Kier molecular flexibility index (Phi) is 7.55. The highest BCUT2D eigenvalue weighted by Crippen LogP contribution is 2.49. The van der Waals surface area contributed by atoms with Crippen LogP contribution >= 0.6 is 0 Å². The summed E-state index contributed by atoms with van der Waals surface area (Å²) in [6.07, 6.45) is 17.8. The predicted molar refractivity (Wildman–Crippen MR) is 137 cm³/mol. The summed E-state index contributed by atoms with van der Waals surface area (Å²) < 4.78 is 0. The van der Waals surface area contributed by atoms with Crippen molar-refractivity contribution < 1.29 is 4.79 Å². The number of nitrogens with zero attached hydrogens (tertiary/aromatic N) is 1. The van der Waals surface area contributed by atoms with Crippen molar-refractivity contribution in [2.75, 3.05) is 0 Å². The van der Waals surface area contributed by atoms with Crippen molar-refractivity contribution in [1.82, 2.24) is 10.2 Å². The minimum Gasteiger partial charge on any atom is -0.387 e. The maximum Gasteiger partial charge on any atom is 0.237 e. The first-order valence-electron chi connectivity index (χ1n) is 14.6. The molecule has 34 heavy (non-hydrogen) atoms. The molecule has 1 aliphatic heterocycles. The lowest BCUT2D eigenvalue weighted by molar-refractivity contribution is -0.129. The van der Waals surface area contributed by atoms with Crippen LogP contribution < -0.4 is 16.8 Å². The average molecular weight is 472 g/mol. The summed E-state index contributed by atoms with van der Waals surface area (Å²) in [6, 6.07) is 1.40. The summed E-state index contributed by atoms with van der Waals surface area (Å²) in [5, 5.41) is 11.6. The van der Waals surface area contributed by atoms with E-state index in [1.807, 2.05) is 0 Å². The molecule has 4 saturated carbocycles. The lowest BCUT2D eigenvalue weighted by Crippen LogP contribution is -2.56. The molecule has 0 bridgehead atoms. The monoisotopic (exact) mass is 471 g/mol. The van der Waals surface area contributed by atoms with E-state index in [1.54, 1.807) is 0 Å². The van der Waals surface area contributed by atoms with Crippen LogP contribution in [-0.4, -0.2) is 46.9 Å². The molecule has 0 aromatic rings. The van der Waals surface area contributed by atoms with Crippen molar-refractivity contribution in [2.24, 2.45) is 41.1 Å². The number of fused-ring (bicyclic) bond motifs is 2. The smallest absolute Gasteiger partial charge is 0.237 e. The molecule has 1 heterocycles. The molecule has 6 nitrogen and oxygen atoms in total. The molecule has 0 radical (unpaired) electrons. The van der Waals surface area contributed by atoms with Gasteiger partial charge in [-0.2, -0.15) is 0 Å². The van der Waals surface area contributed by atoms with E-state index in [0.717, 1.165) is 63.2 Å². The van der Waals surface area contributed by atoms with Crippen LogP contribution in [0.4, 0.5) is 0 Å². The molecule has 0 aromatic carbocycles. The van der Waals surface area contributed by atoms with Crippen LogP contribution in [0.3, 0.4) is 0 Å². The summed E-state index contributed by atoms with van der Waals surface area (Å²) in [5.41, 5.74) is 12.1. The molecule has 0 aromatic heterocycles. The molecular weight excluding hydrogens is 422 g/mol. The molecule has 6 N–H and O–H groups in total. The maximum atomic E-state index is 13.8.